The predicted molar refractivity (Wildman–Crippen MR) is 55.9 cm³/mol. The Bertz CT molecular complexity index is 14.9. The van der Waals surface area contributed by atoms with Crippen LogP contribution in [0.1, 0.15) is 0 Å². The second-order valence-electron chi connectivity index (χ2n) is 0.282. The average molecular weight is 486 g/mol. The molecule has 0 aromatic heterocycles. The van der Waals surface area contributed by atoms with E-state index in [1.807, 2.05) is 0 Å². The molecule has 0 atom stereocenters. The van der Waals surface area contributed by atoms with Crippen LogP contribution >= 0.6 is 50.5 Å². The maximum absolute atomic E-state index is 7.46. The Kier molecular flexibility index (Phi) is 54.6. The van der Waals surface area contributed by atoms with Crippen molar-refractivity contribution in [3.05, 3.63) is 6.92 Å². The normalized spacial score (nSPS) is 5.71. The first-order valence-corrected chi connectivity index (χ1v) is 14.7. The molecule has 0 aliphatic heterocycles. The van der Waals surface area contributed by atoms with Gasteiger partial charge in [0.25, 0.3) is 0 Å². The molecule has 0 heterocycles. The van der Waals surface area contributed by atoms with E-state index in [1.165, 1.54) is 0 Å². The Morgan fingerprint density at radius 1 is 1.57 bits per heavy atom. The Morgan fingerprint density at radius 2 is 1.57 bits per heavy atom. The third-order valence-electron chi connectivity index (χ3n) is 0. The van der Waals surface area contributed by atoms with Crippen molar-refractivity contribution in [3.63, 3.8) is 0 Å². The Labute approximate surface area is 84.2 Å². The molecule has 0 aliphatic carbocycles. The van der Waals surface area contributed by atoms with Gasteiger partial charge in [0.05, 0.1) is 0 Å². The summed E-state index contributed by atoms with van der Waals surface area (Å²) in [5.74, 6) is 0. The summed E-state index contributed by atoms with van der Waals surface area (Å²) in [7, 11) is 0. The van der Waals surface area contributed by atoms with Crippen molar-refractivity contribution in [3.8, 4) is 0 Å². The number of halogens is 3. The van der Waals surface area contributed by atoms with E-state index in [1.54, 1.807) is 0 Å². The molecule has 0 amide bonds. The molecule has 0 saturated carbocycles. The minimum atomic E-state index is 0. The van der Waals surface area contributed by atoms with Gasteiger partial charge in [-0.3, -0.25) is 0 Å². The van der Waals surface area contributed by atoms with Gasteiger partial charge < -0.3 is 12.0 Å². The van der Waals surface area contributed by atoms with E-state index in [0.717, 1.165) is 0 Å². The maximum Gasteiger partial charge on any atom is 0 e. The van der Waals surface area contributed by atoms with E-state index in [0.29, 0.717) is 13.3 Å². The SMILES string of the molecule is I[IH]I.[CH2-]CO.[Co]. The minimum Gasteiger partial charge on any atom is -0.428 e. The Hall–Kier alpha value is 2.66. The van der Waals surface area contributed by atoms with Gasteiger partial charge >= 0.3 is 50.5 Å². The zero-order valence-electron chi connectivity index (χ0n) is 3.36. The Morgan fingerprint density at radius 3 is 1.57 bits per heavy atom. The number of hydrogen-bond acceptors (Lipinski definition) is 1. The van der Waals surface area contributed by atoms with Crippen LogP contribution < -0.4 is 0 Å². The van der Waals surface area contributed by atoms with Crippen molar-refractivity contribution in [1.82, 2.24) is 0 Å². The molecule has 7 heavy (non-hydrogen) atoms. The summed E-state index contributed by atoms with van der Waals surface area (Å²) in [5.41, 5.74) is 0. The van der Waals surface area contributed by atoms with Gasteiger partial charge in [-0.15, -0.1) is 0 Å². The molecule has 0 fully saturated rings. The second kappa shape index (κ2) is 23.4. The van der Waals surface area contributed by atoms with Crippen LogP contribution in [0.25, 0.3) is 0 Å². The molecule has 0 rings (SSSR count). The summed E-state index contributed by atoms with van der Waals surface area (Å²) in [6.45, 7) is 3.04. The van der Waals surface area contributed by atoms with E-state index in [4.69, 9.17) is 5.11 Å². The number of rotatable bonds is 0. The van der Waals surface area contributed by atoms with Crippen LogP contribution in [-0.4, -0.2) is 11.7 Å². The molecular formula is C2H6CoI3O-. The molecule has 0 saturated heterocycles. The van der Waals surface area contributed by atoms with Crippen LogP contribution in [0, 0.1) is 6.92 Å². The zero-order valence-corrected chi connectivity index (χ0v) is 11.0. The smallest absolute Gasteiger partial charge is 0 e. The van der Waals surface area contributed by atoms with Gasteiger partial charge in [0.1, 0.15) is 0 Å². The first-order chi connectivity index (χ1) is 2.83. The van der Waals surface area contributed by atoms with Crippen molar-refractivity contribution in [1.29, 1.82) is 0 Å². The molecule has 0 bridgehead atoms. The van der Waals surface area contributed by atoms with Crippen molar-refractivity contribution < 1.29 is 21.9 Å². The van der Waals surface area contributed by atoms with Crippen LogP contribution in [0.3, 0.4) is 0 Å². The summed E-state index contributed by atoms with van der Waals surface area (Å²) < 4.78 is 0. The van der Waals surface area contributed by atoms with Gasteiger partial charge in [-0.1, -0.05) is 6.61 Å². The summed E-state index contributed by atoms with van der Waals surface area (Å²) in [6.07, 6.45) is 0. The molecule has 0 aliphatic rings. The third kappa shape index (κ3) is 54.4. The first-order valence-electron chi connectivity index (χ1n) is 1.12. The fraction of sp³-hybridized carbons (Fsp3) is 0.500. The molecule has 0 aromatic rings. The van der Waals surface area contributed by atoms with E-state index >= 15 is 0 Å². The van der Waals surface area contributed by atoms with Gasteiger partial charge in [0.2, 0.25) is 0 Å². The van der Waals surface area contributed by atoms with E-state index in [-0.39, 0.29) is 23.4 Å². The molecule has 0 aromatic carbocycles. The summed E-state index contributed by atoms with van der Waals surface area (Å²) in [5, 5.41) is 7.46. The van der Waals surface area contributed by atoms with E-state index in [9.17, 15) is 0 Å². The maximum atomic E-state index is 7.46. The average Bonchev–Trinajstić information content (AvgIpc) is 1.39. The predicted octanol–water partition coefficient (Wildman–Crippen LogP) is 2.20. The van der Waals surface area contributed by atoms with Gasteiger partial charge in [0, 0.05) is 16.8 Å². The van der Waals surface area contributed by atoms with Crippen molar-refractivity contribution in [2.24, 2.45) is 0 Å². The van der Waals surface area contributed by atoms with Gasteiger partial charge in [-0.2, -0.15) is 0 Å². The third-order valence-corrected chi connectivity index (χ3v) is 0. The van der Waals surface area contributed by atoms with Crippen molar-refractivity contribution in [2.45, 2.75) is 0 Å². The van der Waals surface area contributed by atoms with Crippen molar-refractivity contribution in [2.75, 3.05) is 6.61 Å². The summed E-state index contributed by atoms with van der Waals surface area (Å²) in [6, 6.07) is 0. The molecule has 1 N–H and O–H groups in total. The standard InChI is InChI=1S/C2H5O.Co.HI3/c1-2-3;;1-3-2/h3H,1-2H2;;3H/q-1;;. The second-order valence-corrected chi connectivity index (χ2v) is 17.8. The number of aliphatic hydroxyl groups excluding tert-OH is 1. The molecule has 51 valence electrons. The number of hydrogen-bond donors (Lipinski definition) is 1. The molecule has 0 spiro atoms. The van der Waals surface area contributed by atoms with Gasteiger partial charge in [0.15, 0.2) is 0 Å². The van der Waals surface area contributed by atoms with E-state index < -0.39 is 0 Å². The Balaban J connectivity index is -0.0000000400. The molecule has 1 nitrogen and oxygen atoms in total. The van der Waals surface area contributed by atoms with Crippen LogP contribution in [0.2, 0.25) is 0 Å². The van der Waals surface area contributed by atoms with Crippen LogP contribution in [0.4, 0.5) is 0 Å². The van der Waals surface area contributed by atoms with Gasteiger partial charge in [-0.05, 0) is 0 Å². The first kappa shape index (κ1) is 16.3. The van der Waals surface area contributed by atoms with Crippen LogP contribution in [0.5, 0.6) is 0 Å². The minimum absolute atomic E-state index is 0. The summed E-state index contributed by atoms with van der Waals surface area (Å²) >= 11 is 5.22. The molecule has 1 radical (unpaired) electrons. The monoisotopic (exact) mass is 486 g/mol. The fourth-order valence-corrected chi connectivity index (χ4v) is 0. The summed E-state index contributed by atoms with van der Waals surface area (Å²) in [4.78, 5) is 0. The van der Waals surface area contributed by atoms with Crippen molar-refractivity contribution >= 4 is 50.5 Å². The molecular weight excluding hydrogens is 480 g/mol. The number of aliphatic hydroxyl groups is 1. The van der Waals surface area contributed by atoms with Crippen LogP contribution in [-0.2, 0) is 16.8 Å². The quantitative estimate of drug-likeness (QED) is 0.412. The molecule has 0 unspecified atom stereocenters. The zero-order chi connectivity index (χ0) is 5.41. The fourth-order valence-electron chi connectivity index (χ4n) is 0. The molecule has 5 heteroatoms. The topological polar surface area (TPSA) is 20.2 Å². The van der Waals surface area contributed by atoms with Gasteiger partial charge in [-0.25, -0.2) is 0 Å². The van der Waals surface area contributed by atoms with E-state index in [2.05, 4.69) is 44.2 Å². The van der Waals surface area contributed by atoms with Crippen LogP contribution in [0.15, 0.2) is 0 Å². The largest absolute Gasteiger partial charge is 0.428 e.